The maximum atomic E-state index is 5.53. The summed E-state index contributed by atoms with van der Waals surface area (Å²) in [4.78, 5) is 0. The third-order valence-electron chi connectivity index (χ3n) is 4.09. The summed E-state index contributed by atoms with van der Waals surface area (Å²) in [5.41, 5.74) is 5.47. The zero-order valence-electron chi connectivity index (χ0n) is 11.5. The molecule has 1 aromatic heterocycles. The van der Waals surface area contributed by atoms with Gasteiger partial charge in [0.1, 0.15) is 5.75 Å². The summed E-state index contributed by atoms with van der Waals surface area (Å²) in [6.07, 6.45) is 1.10. The van der Waals surface area contributed by atoms with Crippen molar-refractivity contribution in [2.24, 2.45) is 7.05 Å². The number of rotatable bonds is 1. The number of nitrogens with zero attached hydrogens (tertiary/aromatic N) is 1. The quantitative estimate of drug-likeness (QED) is 0.834. The summed E-state index contributed by atoms with van der Waals surface area (Å²) in [6, 6.07) is 4.78. The van der Waals surface area contributed by atoms with Crippen molar-refractivity contribution in [3.8, 4) is 5.75 Å². The second kappa shape index (κ2) is 4.02. The molecule has 1 aliphatic heterocycles. The van der Waals surface area contributed by atoms with Gasteiger partial charge >= 0.3 is 0 Å². The van der Waals surface area contributed by atoms with Gasteiger partial charge in [-0.3, -0.25) is 0 Å². The van der Waals surface area contributed by atoms with Gasteiger partial charge in [-0.25, -0.2) is 0 Å². The molecule has 1 atom stereocenters. The molecule has 1 aromatic carbocycles. The summed E-state index contributed by atoms with van der Waals surface area (Å²) >= 11 is 0. The van der Waals surface area contributed by atoms with Crippen LogP contribution in [0.15, 0.2) is 12.1 Å². The van der Waals surface area contributed by atoms with Crippen LogP contribution in [0.1, 0.15) is 23.7 Å². The van der Waals surface area contributed by atoms with Gasteiger partial charge in [-0.1, -0.05) is 6.07 Å². The van der Waals surface area contributed by atoms with Crippen LogP contribution >= 0.6 is 0 Å². The SMILES string of the molecule is COc1ccc(C)c2c3c(n(C)c12)CNC(C)C3. The second-order valence-corrected chi connectivity index (χ2v) is 5.28. The molecular weight excluding hydrogens is 224 g/mol. The Morgan fingerprint density at radius 2 is 2.17 bits per heavy atom. The topological polar surface area (TPSA) is 26.2 Å². The fraction of sp³-hybridized carbons (Fsp3) is 0.467. The monoisotopic (exact) mass is 244 g/mol. The van der Waals surface area contributed by atoms with E-state index in [2.05, 4.69) is 42.9 Å². The van der Waals surface area contributed by atoms with Crippen molar-refractivity contribution in [2.75, 3.05) is 7.11 Å². The van der Waals surface area contributed by atoms with E-state index >= 15 is 0 Å². The summed E-state index contributed by atoms with van der Waals surface area (Å²) in [7, 11) is 3.89. The lowest BCUT2D eigenvalue weighted by atomic mass is 9.97. The van der Waals surface area contributed by atoms with Gasteiger partial charge in [0.25, 0.3) is 0 Å². The molecule has 0 fully saturated rings. The van der Waals surface area contributed by atoms with E-state index < -0.39 is 0 Å². The number of nitrogens with one attached hydrogen (secondary N) is 1. The second-order valence-electron chi connectivity index (χ2n) is 5.28. The van der Waals surface area contributed by atoms with Crippen molar-refractivity contribution in [1.29, 1.82) is 0 Å². The predicted octanol–water partition coefficient (Wildman–Crippen LogP) is 2.53. The van der Waals surface area contributed by atoms with Crippen LogP contribution in [0, 0.1) is 6.92 Å². The Morgan fingerprint density at radius 1 is 1.39 bits per heavy atom. The largest absolute Gasteiger partial charge is 0.495 e. The van der Waals surface area contributed by atoms with E-state index in [9.17, 15) is 0 Å². The summed E-state index contributed by atoms with van der Waals surface area (Å²) in [5, 5.41) is 4.92. The molecule has 0 saturated carbocycles. The van der Waals surface area contributed by atoms with Crippen LogP contribution in [-0.2, 0) is 20.0 Å². The number of methoxy groups -OCH3 is 1. The molecule has 0 spiro atoms. The number of hydrogen-bond acceptors (Lipinski definition) is 2. The molecule has 2 aromatic rings. The average Bonchev–Trinajstić information content (AvgIpc) is 2.65. The van der Waals surface area contributed by atoms with E-state index in [1.54, 1.807) is 7.11 Å². The minimum Gasteiger partial charge on any atom is -0.495 e. The van der Waals surface area contributed by atoms with E-state index in [0.29, 0.717) is 6.04 Å². The fourth-order valence-electron chi connectivity index (χ4n) is 3.13. The summed E-state index contributed by atoms with van der Waals surface area (Å²) in [5.74, 6) is 0.972. The Labute approximate surface area is 108 Å². The van der Waals surface area contributed by atoms with E-state index in [4.69, 9.17) is 4.74 Å². The van der Waals surface area contributed by atoms with Crippen molar-refractivity contribution in [3.05, 3.63) is 29.0 Å². The first kappa shape index (κ1) is 11.6. The molecule has 3 nitrogen and oxygen atoms in total. The zero-order chi connectivity index (χ0) is 12.9. The van der Waals surface area contributed by atoms with Gasteiger partial charge < -0.3 is 14.6 Å². The van der Waals surface area contributed by atoms with E-state index in [-0.39, 0.29) is 0 Å². The first-order valence-corrected chi connectivity index (χ1v) is 6.50. The van der Waals surface area contributed by atoms with Crippen LogP contribution in [0.3, 0.4) is 0 Å². The lowest BCUT2D eigenvalue weighted by Crippen LogP contribution is -2.33. The maximum Gasteiger partial charge on any atom is 0.143 e. The Hall–Kier alpha value is -1.48. The molecule has 1 unspecified atom stereocenters. The van der Waals surface area contributed by atoms with Crippen molar-refractivity contribution >= 4 is 10.9 Å². The minimum absolute atomic E-state index is 0.550. The van der Waals surface area contributed by atoms with Crippen molar-refractivity contribution in [1.82, 2.24) is 9.88 Å². The van der Waals surface area contributed by atoms with Crippen LogP contribution in [0.25, 0.3) is 10.9 Å². The van der Waals surface area contributed by atoms with Crippen LogP contribution in [0.2, 0.25) is 0 Å². The molecule has 0 radical (unpaired) electrons. The van der Waals surface area contributed by atoms with E-state index in [0.717, 1.165) is 18.7 Å². The van der Waals surface area contributed by atoms with Crippen LogP contribution in [0.5, 0.6) is 5.75 Å². The number of ether oxygens (including phenoxy) is 1. The zero-order valence-corrected chi connectivity index (χ0v) is 11.5. The number of benzene rings is 1. The van der Waals surface area contributed by atoms with Crippen LogP contribution in [-0.4, -0.2) is 17.7 Å². The van der Waals surface area contributed by atoms with Gasteiger partial charge in [0.2, 0.25) is 0 Å². The average molecular weight is 244 g/mol. The summed E-state index contributed by atoms with van der Waals surface area (Å²) < 4.78 is 7.81. The molecule has 3 rings (SSSR count). The molecule has 18 heavy (non-hydrogen) atoms. The molecule has 0 bridgehead atoms. The van der Waals surface area contributed by atoms with Crippen LogP contribution < -0.4 is 10.1 Å². The highest BCUT2D eigenvalue weighted by atomic mass is 16.5. The van der Waals surface area contributed by atoms with Gasteiger partial charge in [-0.05, 0) is 37.5 Å². The molecule has 1 aliphatic rings. The van der Waals surface area contributed by atoms with Crippen LogP contribution in [0.4, 0.5) is 0 Å². The van der Waals surface area contributed by atoms with E-state index in [1.165, 1.54) is 27.7 Å². The number of aromatic nitrogens is 1. The highest BCUT2D eigenvalue weighted by Crippen LogP contribution is 2.36. The molecule has 0 saturated heterocycles. The van der Waals surface area contributed by atoms with Crippen molar-refractivity contribution in [2.45, 2.75) is 32.9 Å². The van der Waals surface area contributed by atoms with E-state index in [1.807, 2.05) is 0 Å². The first-order chi connectivity index (χ1) is 8.63. The molecule has 0 amide bonds. The van der Waals surface area contributed by atoms with Gasteiger partial charge in [-0.15, -0.1) is 0 Å². The fourth-order valence-corrected chi connectivity index (χ4v) is 3.13. The summed E-state index contributed by atoms with van der Waals surface area (Å²) in [6.45, 7) is 5.39. The normalized spacial score (nSPS) is 19.0. The molecular formula is C15H20N2O. The van der Waals surface area contributed by atoms with Gasteiger partial charge in [0.05, 0.1) is 12.6 Å². The molecule has 1 N–H and O–H groups in total. The Balaban J connectivity index is 2.39. The lowest BCUT2D eigenvalue weighted by Gasteiger charge is -2.21. The highest BCUT2D eigenvalue weighted by Gasteiger charge is 2.24. The lowest BCUT2D eigenvalue weighted by molar-refractivity contribution is 0.417. The third-order valence-corrected chi connectivity index (χ3v) is 4.09. The standard InChI is InChI=1S/C15H20N2O/c1-9-5-6-13(18-4)15-14(9)11-7-10(2)16-8-12(11)17(15)3/h5-6,10,16H,7-8H2,1-4H3. The molecule has 3 heteroatoms. The smallest absolute Gasteiger partial charge is 0.143 e. The highest BCUT2D eigenvalue weighted by molar-refractivity contribution is 5.93. The number of hydrogen-bond donors (Lipinski definition) is 1. The minimum atomic E-state index is 0.550. The number of fused-ring (bicyclic) bond motifs is 3. The third kappa shape index (κ3) is 1.47. The van der Waals surface area contributed by atoms with Crippen molar-refractivity contribution in [3.63, 3.8) is 0 Å². The Bertz CT molecular complexity index is 613. The maximum absolute atomic E-state index is 5.53. The Morgan fingerprint density at radius 3 is 2.89 bits per heavy atom. The number of aryl methyl sites for hydroxylation is 2. The molecule has 0 aliphatic carbocycles. The Kier molecular flexibility index (Phi) is 2.59. The van der Waals surface area contributed by atoms with Gasteiger partial charge in [0, 0.05) is 30.7 Å². The first-order valence-electron chi connectivity index (χ1n) is 6.50. The molecule has 2 heterocycles. The van der Waals surface area contributed by atoms with Crippen molar-refractivity contribution < 1.29 is 4.74 Å². The van der Waals surface area contributed by atoms with Gasteiger partial charge in [-0.2, -0.15) is 0 Å². The molecule has 96 valence electrons. The predicted molar refractivity (Wildman–Crippen MR) is 74.2 cm³/mol. The van der Waals surface area contributed by atoms with Gasteiger partial charge in [0.15, 0.2) is 0 Å².